The van der Waals surface area contributed by atoms with E-state index in [0.29, 0.717) is 19.0 Å². The van der Waals surface area contributed by atoms with Crippen molar-refractivity contribution in [2.45, 2.75) is 32.2 Å². The van der Waals surface area contributed by atoms with Crippen LogP contribution in [0.25, 0.3) is 0 Å². The zero-order valence-corrected chi connectivity index (χ0v) is 13.5. The van der Waals surface area contributed by atoms with E-state index in [2.05, 4.69) is 22.2 Å². The third-order valence-electron chi connectivity index (χ3n) is 3.95. The first-order valence-corrected chi connectivity index (χ1v) is 9.29. The highest BCUT2D eigenvalue weighted by Gasteiger charge is 2.28. The second-order valence-corrected chi connectivity index (χ2v) is 7.63. The lowest BCUT2D eigenvalue weighted by Gasteiger charge is -2.33. The average molecular weight is 312 g/mol. The molecule has 1 saturated heterocycles. The minimum atomic E-state index is -3.08. The van der Waals surface area contributed by atoms with Gasteiger partial charge in [-0.15, -0.1) is 0 Å². The van der Waals surface area contributed by atoms with Crippen molar-refractivity contribution in [2.24, 2.45) is 5.92 Å². The van der Waals surface area contributed by atoms with Gasteiger partial charge in [-0.25, -0.2) is 22.7 Å². The molecular weight excluding hydrogens is 288 g/mol. The monoisotopic (exact) mass is 312 g/mol. The van der Waals surface area contributed by atoms with Crippen molar-refractivity contribution in [3.8, 4) is 0 Å². The summed E-state index contributed by atoms with van der Waals surface area (Å²) in [6, 6.07) is 0.181. The molecule has 2 heterocycles. The molecule has 1 aliphatic heterocycles. The van der Waals surface area contributed by atoms with Gasteiger partial charge in [-0.05, 0) is 31.7 Å². The van der Waals surface area contributed by atoms with E-state index in [0.717, 1.165) is 31.4 Å². The van der Waals surface area contributed by atoms with Crippen LogP contribution >= 0.6 is 0 Å². The van der Waals surface area contributed by atoms with Gasteiger partial charge in [-0.2, -0.15) is 0 Å². The van der Waals surface area contributed by atoms with Crippen molar-refractivity contribution < 1.29 is 8.42 Å². The standard InChI is InChI=1S/C14H24N4O2S/c1-3-17-14(13-8-15-11-16-9-13)7-12-5-4-6-18(10-12)21(2,19)20/h8-9,11-12,14,17H,3-7,10H2,1-2H3. The van der Waals surface area contributed by atoms with E-state index in [1.807, 2.05) is 12.4 Å². The summed E-state index contributed by atoms with van der Waals surface area (Å²) in [5, 5.41) is 3.45. The lowest BCUT2D eigenvalue weighted by Crippen LogP contribution is -2.40. The van der Waals surface area contributed by atoms with E-state index in [1.165, 1.54) is 12.6 Å². The highest BCUT2D eigenvalue weighted by Crippen LogP contribution is 2.28. The molecule has 1 aliphatic rings. The Morgan fingerprint density at radius 3 is 2.76 bits per heavy atom. The molecule has 1 aromatic heterocycles. The molecule has 0 spiro atoms. The van der Waals surface area contributed by atoms with Crippen molar-refractivity contribution >= 4 is 10.0 Å². The van der Waals surface area contributed by atoms with Gasteiger partial charge < -0.3 is 5.32 Å². The molecule has 0 aliphatic carbocycles. The number of nitrogens with zero attached hydrogens (tertiary/aromatic N) is 3. The Balaban J connectivity index is 2.03. The lowest BCUT2D eigenvalue weighted by atomic mass is 9.90. The molecule has 118 valence electrons. The fourth-order valence-corrected chi connectivity index (χ4v) is 3.87. The van der Waals surface area contributed by atoms with Crippen LogP contribution in [0.1, 0.15) is 37.8 Å². The Bertz CT molecular complexity index is 535. The van der Waals surface area contributed by atoms with Gasteiger partial charge in [-0.3, -0.25) is 0 Å². The van der Waals surface area contributed by atoms with E-state index in [9.17, 15) is 8.42 Å². The molecule has 1 N–H and O–H groups in total. The van der Waals surface area contributed by atoms with E-state index in [-0.39, 0.29) is 6.04 Å². The van der Waals surface area contributed by atoms with Gasteiger partial charge in [0.2, 0.25) is 10.0 Å². The quantitative estimate of drug-likeness (QED) is 0.854. The largest absolute Gasteiger partial charge is 0.310 e. The molecular formula is C14H24N4O2S. The second kappa shape index (κ2) is 7.29. The van der Waals surface area contributed by atoms with Crippen LogP contribution in [0, 0.1) is 5.92 Å². The number of hydrogen-bond acceptors (Lipinski definition) is 5. The minimum absolute atomic E-state index is 0.181. The average Bonchev–Trinajstić information content (AvgIpc) is 2.47. The molecule has 0 radical (unpaired) electrons. The fourth-order valence-electron chi connectivity index (χ4n) is 2.93. The highest BCUT2D eigenvalue weighted by molar-refractivity contribution is 7.88. The first kappa shape index (κ1) is 16.3. The normalized spacial score (nSPS) is 22.1. The second-order valence-electron chi connectivity index (χ2n) is 5.65. The van der Waals surface area contributed by atoms with Crippen LogP contribution in [0.5, 0.6) is 0 Å². The third-order valence-corrected chi connectivity index (χ3v) is 5.22. The predicted molar refractivity (Wildman–Crippen MR) is 82.2 cm³/mol. The maximum atomic E-state index is 11.7. The number of rotatable bonds is 6. The molecule has 2 rings (SSSR count). The molecule has 6 nitrogen and oxygen atoms in total. The Hall–Kier alpha value is -1.05. The number of sulfonamides is 1. The number of aromatic nitrogens is 2. The van der Waals surface area contributed by atoms with Crippen LogP contribution in [0.4, 0.5) is 0 Å². The molecule has 7 heteroatoms. The third kappa shape index (κ3) is 4.72. The molecule has 0 saturated carbocycles. The van der Waals surface area contributed by atoms with Gasteiger partial charge in [0.1, 0.15) is 6.33 Å². The minimum Gasteiger partial charge on any atom is -0.310 e. The van der Waals surface area contributed by atoms with Crippen molar-refractivity contribution in [1.82, 2.24) is 19.6 Å². The number of nitrogens with one attached hydrogen (secondary N) is 1. The van der Waals surface area contributed by atoms with Gasteiger partial charge in [0.25, 0.3) is 0 Å². The Kier molecular flexibility index (Phi) is 5.66. The zero-order chi connectivity index (χ0) is 15.3. The van der Waals surface area contributed by atoms with Gasteiger partial charge in [-0.1, -0.05) is 6.92 Å². The SMILES string of the molecule is CCNC(CC1CCCN(S(C)(=O)=O)C1)c1cncnc1. The topological polar surface area (TPSA) is 75.2 Å². The summed E-state index contributed by atoms with van der Waals surface area (Å²) >= 11 is 0. The van der Waals surface area contributed by atoms with Crippen molar-refractivity contribution in [3.05, 3.63) is 24.3 Å². The van der Waals surface area contributed by atoms with Crippen LogP contribution < -0.4 is 5.32 Å². The van der Waals surface area contributed by atoms with Crippen LogP contribution in [0.2, 0.25) is 0 Å². The van der Waals surface area contributed by atoms with E-state index < -0.39 is 10.0 Å². The summed E-state index contributed by atoms with van der Waals surface area (Å²) in [5.41, 5.74) is 1.07. The van der Waals surface area contributed by atoms with Crippen molar-refractivity contribution in [3.63, 3.8) is 0 Å². The summed E-state index contributed by atoms with van der Waals surface area (Å²) < 4.78 is 25.0. The van der Waals surface area contributed by atoms with Crippen LogP contribution in [0.15, 0.2) is 18.7 Å². The lowest BCUT2D eigenvalue weighted by molar-refractivity contribution is 0.238. The molecule has 2 unspecified atom stereocenters. The first-order valence-electron chi connectivity index (χ1n) is 7.44. The smallest absolute Gasteiger partial charge is 0.211 e. The molecule has 0 aromatic carbocycles. The summed E-state index contributed by atoms with van der Waals surface area (Å²) in [6.07, 6.45) is 9.40. The molecule has 21 heavy (non-hydrogen) atoms. The van der Waals surface area contributed by atoms with Gasteiger partial charge >= 0.3 is 0 Å². The fraction of sp³-hybridized carbons (Fsp3) is 0.714. The van der Waals surface area contributed by atoms with Gasteiger partial charge in [0.15, 0.2) is 0 Å². The number of hydrogen-bond donors (Lipinski definition) is 1. The van der Waals surface area contributed by atoms with E-state index in [1.54, 1.807) is 4.31 Å². The first-order chi connectivity index (χ1) is 10.0. The predicted octanol–water partition coefficient (Wildman–Crippen LogP) is 1.19. The van der Waals surface area contributed by atoms with Crippen LogP contribution in [0.3, 0.4) is 0 Å². The van der Waals surface area contributed by atoms with E-state index in [4.69, 9.17) is 0 Å². The number of piperidine rings is 1. The summed E-state index contributed by atoms with van der Waals surface area (Å²) in [5.74, 6) is 0.373. The molecule has 0 bridgehead atoms. The van der Waals surface area contributed by atoms with Crippen LogP contribution in [-0.2, 0) is 10.0 Å². The summed E-state index contributed by atoms with van der Waals surface area (Å²) in [6.45, 7) is 4.20. The summed E-state index contributed by atoms with van der Waals surface area (Å²) in [4.78, 5) is 8.16. The Morgan fingerprint density at radius 2 is 2.14 bits per heavy atom. The molecule has 0 amide bonds. The molecule has 1 aromatic rings. The maximum Gasteiger partial charge on any atom is 0.211 e. The van der Waals surface area contributed by atoms with E-state index >= 15 is 0 Å². The Morgan fingerprint density at radius 1 is 1.43 bits per heavy atom. The van der Waals surface area contributed by atoms with Gasteiger partial charge in [0, 0.05) is 37.1 Å². The van der Waals surface area contributed by atoms with Gasteiger partial charge in [0.05, 0.1) is 6.26 Å². The summed E-state index contributed by atoms with van der Waals surface area (Å²) in [7, 11) is -3.08. The Labute approximate surface area is 127 Å². The zero-order valence-electron chi connectivity index (χ0n) is 12.7. The van der Waals surface area contributed by atoms with Crippen LogP contribution in [-0.4, -0.2) is 48.6 Å². The highest BCUT2D eigenvalue weighted by atomic mass is 32.2. The molecule has 2 atom stereocenters. The van der Waals surface area contributed by atoms with Crippen molar-refractivity contribution in [1.29, 1.82) is 0 Å². The maximum absolute atomic E-state index is 11.7. The molecule has 1 fully saturated rings. The van der Waals surface area contributed by atoms with Crippen molar-refractivity contribution in [2.75, 3.05) is 25.9 Å².